The first-order chi connectivity index (χ1) is 12.6. The Morgan fingerprint density at radius 3 is 2.54 bits per heavy atom. The van der Waals surface area contributed by atoms with E-state index in [4.69, 9.17) is 0 Å². The minimum atomic E-state index is -0.380. The number of nitrogens with zero attached hydrogens (tertiary/aromatic N) is 1. The van der Waals surface area contributed by atoms with Crippen LogP contribution in [0.1, 0.15) is 11.1 Å². The summed E-state index contributed by atoms with van der Waals surface area (Å²) in [7, 11) is 0. The fraction of sp³-hybridized carbons (Fsp3) is 0.0476. The van der Waals surface area contributed by atoms with Gasteiger partial charge in [-0.1, -0.05) is 48.5 Å². The zero-order valence-corrected chi connectivity index (χ0v) is 14.5. The van der Waals surface area contributed by atoms with E-state index in [-0.39, 0.29) is 23.5 Å². The first-order valence-corrected chi connectivity index (χ1v) is 8.90. The van der Waals surface area contributed by atoms with Crippen molar-refractivity contribution in [1.29, 1.82) is 0 Å². The Hall–Kier alpha value is -2.92. The van der Waals surface area contributed by atoms with Crippen molar-refractivity contribution >= 4 is 39.8 Å². The van der Waals surface area contributed by atoms with Crippen molar-refractivity contribution in [3.8, 4) is 0 Å². The van der Waals surface area contributed by atoms with Gasteiger partial charge in [-0.3, -0.25) is 14.5 Å². The van der Waals surface area contributed by atoms with Crippen LogP contribution in [0, 0.1) is 5.82 Å². The van der Waals surface area contributed by atoms with Gasteiger partial charge in [0.25, 0.3) is 11.1 Å². The summed E-state index contributed by atoms with van der Waals surface area (Å²) in [4.78, 5) is 26.4. The highest BCUT2D eigenvalue weighted by Crippen LogP contribution is 2.33. The minimum absolute atomic E-state index is 0.218. The van der Waals surface area contributed by atoms with E-state index in [1.165, 1.54) is 17.0 Å². The molecule has 3 nitrogen and oxygen atoms in total. The summed E-state index contributed by atoms with van der Waals surface area (Å²) in [5, 5.41) is 1.86. The Labute approximate surface area is 154 Å². The molecule has 4 rings (SSSR count). The number of hydrogen-bond acceptors (Lipinski definition) is 3. The standard InChI is InChI=1S/C21H14FNO2S/c22-18-7-3-4-14(11-18)12-19-20(24)23(21(25)26-19)13-15-8-9-16-5-1-2-6-17(16)10-15/h1-12H,13H2/b19-12-. The van der Waals surface area contributed by atoms with Crippen molar-refractivity contribution in [2.24, 2.45) is 0 Å². The van der Waals surface area contributed by atoms with Gasteiger partial charge in [-0.05, 0) is 57.9 Å². The normalized spacial score (nSPS) is 16.0. The largest absolute Gasteiger partial charge is 0.293 e. The monoisotopic (exact) mass is 363 g/mol. The predicted octanol–water partition coefficient (Wildman–Crippen LogP) is 5.22. The SMILES string of the molecule is O=C1S/C(=C\c2cccc(F)c2)C(=O)N1Cc1ccc2ccccc2c1. The molecule has 1 aliphatic rings. The molecule has 0 N–H and O–H groups in total. The van der Waals surface area contributed by atoms with E-state index in [2.05, 4.69) is 0 Å². The zero-order chi connectivity index (χ0) is 18.1. The molecular formula is C21H14FNO2S. The summed E-state index contributed by atoms with van der Waals surface area (Å²) in [6.07, 6.45) is 1.55. The molecule has 0 aliphatic carbocycles. The molecule has 1 saturated heterocycles. The van der Waals surface area contributed by atoms with E-state index in [0.29, 0.717) is 10.5 Å². The Morgan fingerprint density at radius 2 is 1.73 bits per heavy atom. The molecule has 0 radical (unpaired) electrons. The number of halogens is 1. The molecule has 1 fully saturated rings. The van der Waals surface area contributed by atoms with Gasteiger partial charge in [0.1, 0.15) is 5.82 Å². The topological polar surface area (TPSA) is 37.4 Å². The molecule has 3 aromatic carbocycles. The van der Waals surface area contributed by atoms with Gasteiger partial charge in [0.15, 0.2) is 0 Å². The maximum absolute atomic E-state index is 13.3. The highest BCUT2D eigenvalue weighted by atomic mass is 32.2. The third-order valence-electron chi connectivity index (χ3n) is 4.17. The molecule has 1 heterocycles. The predicted molar refractivity (Wildman–Crippen MR) is 102 cm³/mol. The van der Waals surface area contributed by atoms with Crippen molar-refractivity contribution in [2.75, 3.05) is 0 Å². The lowest BCUT2D eigenvalue weighted by Gasteiger charge is -2.13. The molecule has 0 aromatic heterocycles. The Bertz CT molecular complexity index is 1060. The number of imide groups is 1. The molecule has 0 spiro atoms. The van der Waals surface area contributed by atoms with Crippen LogP contribution in [0.15, 0.2) is 71.6 Å². The van der Waals surface area contributed by atoms with E-state index >= 15 is 0 Å². The summed E-state index contributed by atoms with van der Waals surface area (Å²) in [6, 6.07) is 19.7. The van der Waals surface area contributed by atoms with E-state index < -0.39 is 0 Å². The average molecular weight is 363 g/mol. The Balaban J connectivity index is 1.58. The average Bonchev–Trinajstić information content (AvgIpc) is 2.89. The lowest BCUT2D eigenvalue weighted by Crippen LogP contribution is -2.27. The van der Waals surface area contributed by atoms with Crippen LogP contribution in [0.4, 0.5) is 9.18 Å². The van der Waals surface area contributed by atoms with E-state index in [0.717, 1.165) is 28.1 Å². The van der Waals surface area contributed by atoms with Gasteiger partial charge in [-0.2, -0.15) is 0 Å². The van der Waals surface area contributed by atoms with Crippen molar-refractivity contribution in [2.45, 2.75) is 6.54 Å². The molecule has 26 heavy (non-hydrogen) atoms. The van der Waals surface area contributed by atoms with Crippen LogP contribution in [0.2, 0.25) is 0 Å². The van der Waals surface area contributed by atoms with Crippen LogP contribution in [0.25, 0.3) is 16.8 Å². The van der Waals surface area contributed by atoms with Crippen molar-refractivity contribution < 1.29 is 14.0 Å². The van der Waals surface area contributed by atoms with Gasteiger partial charge < -0.3 is 0 Å². The lowest BCUT2D eigenvalue weighted by molar-refractivity contribution is -0.123. The first kappa shape index (κ1) is 16.5. The molecule has 0 atom stereocenters. The smallest absolute Gasteiger partial charge is 0.268 e. The summed E-state index contributed by atoms with van der Waals surface area (Å²) in [5.74, 6) is -0.730. The van der Waals surface area contributed by atoms with Crippen LogP contribution in [-0.2, 0) is 11.3 Å². The van der Waals surface area contributed by atoms with Crippen LogP contribution >= 0.6 is 11.8 Å². The second-order valence-electron chi connectivity index (χ2n) is 6.00. The Kier molecular flexibility index (Phi) is 4.31. The van der Waals surface area contributed by atoms with Crippen LogP contribution in [0.5, 0.6) is 0 Å². The third-order valence-corrected chi connectivity index (χ3v) is 5.08. The number of fused-ring (bicyclic) bond motifs is 1. The van der Waals surface area contributed by atoms with E-state index in [1.54, 1.807) is 18.2 Å². The number of amides is 2. The van der Waals surface area contributed by atoms with Gasteiger partial charge in [0.2, 0.25) is 0 Å². The van der Waals surface area contributed by atoms with Gasteiger partial charge in [-0.25, -0.2) is 4.39 Å². The van der Waals surface area contributed by atoms with Gasteiger partial charge in [-0.15, -0.1) is 0 Å². The number of rotatable bonds is 3. The zero-order valence-electron chi connectivity index (χ0n) is 13.7. The van der Waals surface area contributed by atoms with E-state index in [1.807, 2.05) is 42.5 Å². The first-order valence-electron chi connectivity index (χ1n) is 8.09. The second-order valence-corrected chi connectivity index (χ2v) is 7.00. The number of thioether (sulfide) groups is 1. The minimum Gasteiger partial charge on any atom is -0.268 e. The summed E-state index contributed by atoms with van der Waals surface area (Å²) in [6.45, 7) is 0.218. The fourth-order valence-corrected chi connectivity index (χ4v) is 3.74. The summed E-state index contributed by atoms with van der Waals surface area (Å²) < 4.78 is 13.3. The lowest BCUT2D eigenvalue weighted by atomic mass is 10.1. The van der Waals surface area contributed by atoms with E-state index in [9.17, 15) is 14.0 Å². The Morgan fingerprint density at radius 1 is 0.923 bits per heavy atom. The van der Waals surface area contributed by atoms with Gasteiger partial charge in [0, 0.05) is 0 Å². The summed E-state index contributed by atoms with van der Waals surface area (Å²) >= 11 is 0.881. The van der Waals surface area contributed by atoms with Crippen LogP contribution < -0.4 is 0 Å². The molecule has 0 unspecified atom stereocenters. The quantitative estimate of drug-likeness (QED) is 0.599. The molecule has 2 amide bonds. The molecule has 128 valence electrons. The highest BCUT2D eigenvalue weighted by molar-refractivity contribution is 8.18. The van der Waals surface area contributed by atoms with Crippen molar-refractivity contribution in [3.63, 3.8) is 0 Å². The van der Waals surface area contributed by atoms with Gasteiger partial charge in [0.05, 0.1) is 11.4 Å². The molecule has 0 saturated carbocycles. The number of hydrogen-bond donors (Lipinski definition) is 0. The number of carbonyl (C=O) groups is 2. The maximum Gasteiger partial charge on any atom is 0.293 e. The van der Waals surface area contributed by atoms with Crippen LogP contribution in [0.3, 0.4) is 0 Å². The second kappa shape index (κ2) is 6.77. The molecule has 3 aromatic rings. The highest BCUT2D eigenvalue weighted by Gasteiger charge is 2.34. The van der Waals surface area contributed by atoms with Crippen molar-refractivity contribution in [1.82, 2.24) is 4.90 Å². The molecule has 5 heteroatoms. The van der Waals surface area contributed by atoms with Crippen LogP contribution in [-0.4, -0.2) is 16.0 Å². The summed E-state index contributed by atoms with van der Waals surface area (Å²) in [5.41, 5.74) is 1.44. The number of carbonyl (C=O) groups excluding carboxylic acids is 2. The molecule has 1 aliphatic heterocycles. The third kappa shape index (κ3) is 3.26. The maximum atomic E-state index is 13.3. The molecular weight excluding hydrogens is 349 g/mol. The van der Waals surface area contributed by atoms with Gasteiger partial charge >= 0.3 is 0 Å². The molecule has 0 bridgehead atoms. The fourth-order valence-electron chi connectivity index (χ4n) is 2.90. The number of benzene rings is 3. The van der Waals surface area contributed by atoms with Crippen molar-refractivity contribution in [3.05, 3.63) is 88.6 Å².